The van der Waals surface area contributed by atoms with Crippen LogP contribution in [0.1, 0.15) is 39.0 Å². The summed E-state index contributed by atoms with van der Waals surface area (Å²) in [6.07, 6.45) is 2.75. The molecule has 0 bridgehead atoms. The molecule has 20 heavy (non-hydrogen) atoms. The molecule has 0 radical (unpaired) electrons. The minimum atomic E-state index is -0.841. The number of carbonyl (C=O) groups is 1. The molecule has 2 aromatic rings. The van der Waals surface area contributed by atoms with Crippen molar-refractivity contribution in [3.05, 3.63) is 70.3 Å². The van der Waals surface area contributed by atoms with Crippen LogP contribution in [0.25, 0.3) is 0 Å². The molecule has 2 rings (SSSR count). The van der Waals surface area contributed by atoms with Gasteiger partial charge in [-0.3, -0.25) is 0 Å². The van der Waals surface area contributed by atoms with E-state index in [1.165, 1.54) is 16.7 Å². The highest BCUT2D eigenvalue weighted by molar-refractivity contribution is 5.89. The molecule has 0 heterocycles. The van der Waals surface area contributed by atoms with Crippen LogP contribution < -0.4 is 0 Å². The molecular formula is C18H20O2. The van der Waals surface area contributed by atoms with Gasteiger partial charge in [-0.05, 0) is 50.3 Å². The summed E-state index contributed by atoms with van der Waals surface area (Å²) in [5.41, 5.74) is 5.24. The summed E-state index contributed by atoms with van der Waals surface area (Å²) in [5.74, 6) is -0.841. The van der Waals surface area contributed by atoms with Crippen LogP contribution in [-0.2, 0) is 12.8 Å². The van der Waals surface area contributed by atoms with Crippen molar-refractivity contribution in [2.45, 2.75) is 33.1 Å². The second-order valence-corrected chi connectivity index (χ2v) is 5.31. The van der Waals surface area contributed by atoms with Crippen LogP contribution in [0.15, 0.2) is 42.5 Å². The van der Waals surface area contributed by atoms with E-state index in [1.807, 2.05) is 12.1 Å². The topological polar surface area (TPSA) is 37.3 Å². The minimum absolute atomic E-state index is 0.424. The molecule has 0 aromatic heterocycles. The van der Waals surface area contributed by atoms with Gasteiger partial charge in [-0.25, -0.2) is 4.79 Å². The summed E-state index contributed by atoms with van der Waals surface area (Å²) in [4.78, 5) is 11.1. The lowest BCUT2D eigenvalue weighted by Gasteiger charge is -2.07. The first-order chi connectivity index (χ1) is 9.56. The summed E-state index contributed by atoms with van der Waals surface area (Å²) in [6.45, 7) is 4.21. The number of hydrogen-bond donors (Lipinski definition) is 1. The molecule has 0 unspecified atom stereocenters. The van der Waals surface area contributed by atoms with E-state index in [0.29, 0.717) is 5.56 Å². The van der Waals surface area contributed by atoms with Gasteiger partial charge >= 0.3 is 5.97 Å². The Bertz CT molecular complexity index is 594. The molecule has 0 atom stereocenters. The van der Waals surface area contributed by atoms with E-state index in [-0.39, 0.29) is 0 Å². The third-order valence-corrected chi connectivity index (χ3v) is 3.44. The Morgan fingerprint density at radius 2 is 1.65 bits per heavy atom. The minimum Gasteiger partial charge on any atom is -0.478 e. The van der Waals surface area contributed by atoms with Crippen molar-refractivity contribution in [3.63, 3.8) is 0 Å². The van der Waals surface area contributed by atoms with Gasteiger partial charge in [0.25, 0.3) is 0 Å². The maximum absolute atomic E-state index is 11.1. The summed E-state index contributed by atoms with van der Waals surface area (Å²) in [6, 6.07) is 13.8. The largest absolute Gasteiger partial charge is 0.478 e. The zero-order valence-corrected chi connectivity index (χ0v) is 12.0. The number of carboxylic acids is 1. The fraction of sp³-hybridized carbons (Fsp3) is 0.278. The summed E-state index contributed by atoms with van der Waals surface area (Å²) in [7, 11) is 0. The van der Waals surface area contributed by atoms with E-state index in [9.17, 15) is 4.79 Å². The van der Waals surface area contributed by atoms with Crippen molar-refractivity contribution in [3.8, 4) is 0 Å². The first-order valence-electron chi connectivity index (χ1n) is 6.94. The van der Waals surface area contributed by atoms with Gasteiger partial charge in [0.1, 0.15) is 0 Å². The lowest BCUT2D eigenvalue weighted by Crippen LogP contribution is -2.02. The third-order valence-electron chi connectivity index (χ3n) is 3.44. The normalized spacial score (nSPS) is 10.5. The molecular weight excluding hydrogens is 248 g/mol. The Morgan fingerprint density at radius 3 is 2.30 bits per heavy atom. The van der Waals surface area contributed by atoms with Crippen molar-refractivity contribution in [1.82, 2.24) is 0 Å². The fourth-order valence-electron chi connectivity index (χ4n) is 2.64. The molecule has 0 spiro atoms. The van der Waals surface area contributed by atoms with Crippen molar-refractivity contribution >= 4 is 5.97 Å². The van der Waals surface area contributed by atoms with Gasteiger partial charge in [0.2, 0.25) is 0 Å². The lowest BCUT2D eigenvalue weighted by molar-refractivity contribution is 0.0695. The number of hydrogen-bond acceptors (Lipinski definition) is 1. The molecule has 0 aliphatic carbocycles. The molecule has 2 aromatic carbocycles. The predicted molar refractivity (Wildman–Crippen MR) is 81.3 cm³/mol. The van der Waals surface area contributed by atoms with E-state index >= 15 is 0 Å². The number of benzene rings is 2. The van der Waals surface area contributed by atoms with Crippen LogP contribution in [0, 0.1) is 13.8 Å². The molecule has 2 heteroatoms. The standard InChI is InChI=1S/C18H20O2/c1-13-10-14(2)12-15(11-13)6-5-8-16-7-3-4-9-17(16)18(19)20/h3-4,7,9-12H,5-6,8H2,1-2H3,(H,19,20). The maximum Gasteiger partial charge on any atom is 0.335 e. The first-order valence-corrected chi connectivity index (χ1v) is 6.94. The van der Waals surface area contributed by atoms with Crippen LogP contribution in [0.3, 0.4) is 0 Å². The quantitative estimate of drug-likeness (QED) is 0.883. The van der Waals surface area contributed by atoms with Crippen molar-refractivity contribution in [2.24, 2.45) is 0 Å². The van der Waals surface area contributed by atoms with Crippen LogP contribution in [0.4, 0.5) is 0 Å². The van der Waals surface area contributed by atoms with E-state index in [2.05, 4.69) is 32.0 Å². The monoisotopic (exact) mass is 268 g/mol. The van der Waals surface area contributed by atoms with E-state index in [4.69, 9.17) is 5.11 Å². The second kappa shape index (κ2) is 6.38. The molecule has 1 N–H and O–H groups in total. The van der Waals surface area contributed by atoms with Crippen LogP contribution >= 0.6 is 0 Å². The van der Waals surface area contributed by atoms with Gasteiger partial charge in [-0.15, -0.1) is 0 Å². The molecule has 0 fully saturated rings. The fourth-order valence-corrected chi connectivity index (χ4v) is 2.64. The summed E-state index contributed by atoms with van der Waals surface area (Å²) < 4.78 is 0. The number of rotatable bonds is 5. The number of aryl methyl sites for hydroxylation is 4. The second-order valence-electron chi connectivity index (χ2n) is 5.31. The highest BCUT2D eigenvalue weighted by atomic mass is 16.4. The highest BCUT2D eigenvalue weighted by Gasteiger charge is 2.08. The van der Waals surface area contributed by atoms with Gasteiger partial charge in [0.15, 0.2) is 0 Å². The van der Waals surface area contributed by atoms with Crippen molar-refractivity contribution in [1.29, 1.82) is 0 Å². The molecule has 2 nitrogen and oxygen atoms in total. The summed E-state index contributed by atoms with van der Waals surface area (Å²) >= 11 is 0. The molecule has 0 saturated carbocycles. The van der Waals surface area contributed by atoms with Gasteiger partial charge < -0.3 is 5.11 Å². The molecule has 0 aliphatic rings. The molecule has 104 valence electrons. The zero-order chi connectivity index (χ0) is 14.5. The first kappa shape index (κ1) is 14.3. The predicted octanol–water partition coefficient (Wildman–Crippen LogP) is 4.18. The average Bonchev–Trinajstić information content (AvgIpc) is 2.38. The average molecular weight is 268 g/mol. The SMILES string of the molecule is Cc1cc(C)cc(CCCc2ccccc2C(=O)O)c1. The Kier molecular flexibility index (Phi) is 4.57. The zero-order valence-electron chi connectivity index (χ0n) is 12.0. The Hall–Kier alpha value is -2.09. The summed E-state index contributed by atoms with van der Waals surface area (Å²) in [5, 5.41) is 9.15. The maximum atomic E-state index is 11.1. The third kappa shape index (κ3) is 3.70. The van der Waals surface area contributed by atoms with Gasteiger partial charge in [-0.2, -0.15) is 0 Å². The van der Waals surface area contributed by atoms with Gasteiger partial charge in [-0.1, -0.05) is 47.5 Å². The van der Waals surface area contributed by atoms with Gasteiger partial charge in [0, 0.05) is 0 Å². The Morgan fingerprint density at radius 1 is 1.00 bits per heavy atom. The van der Waals surface area contributed by atoms with E-state index in [1.54, 1.807) is 12.1 Å². The van der Waals surface area contributed by atoms with Crippen molar-refractivity contribution < 1.29 is 9.90 Å². The highest BCUT2D eigenvalue weighted by Crippen LogP contribution is 2.15. The van der Waals surface area contributed by atoms with Crippen LogP contribution in [0.2, 0.25) is 0 Å². The van der Waals surface area contributed by atoms with Gasteiger partial charge in [0.05, 0.1) is 5.56 Å². The molecule has 0 aliphatic heterocycles. The Labute approximate surface area is 120 Å². The smallest absolute Gasteiger partial charge is 0.335 e. The van der Waals surface area contributed by atoms with Crippen molar-refractivity contribution in [2.75, 3.05) is 0 Å². The Balaban J connectivity index is 2.01. The molecule has 0 amide bonds. The lowest BCUT2D eigenvalue weighted by atomic mass is 9.98. The van der Waals surface area contributed by atoms with Crippen LogP contribution in [0.5, 0.6) is 0 Å². The number of aromatic carboxylic acids is 1. The molecule has 0 saturated heterocycles. The van der Waals surface area contributed by atoms with Crippen LogP contribution in [-0.4, -0.2) is 11.1 Å². The number of carboxylic acid groups (broad SMARTS) is 1. The van der Waals surface area contributed by atoms with E-state index in [0.717, 1.165) is 24.8 Å². The van der Waals surface area contributed by atoms with E-state index < -0.39 is 5.97 Å².